The van der Waals surface area contributed by atoms with Crippen molar-refractivity contribution in [3.05, 3.63) is 58.7 Å². The molecule has 2 amide bonds. The average Bonchev–Trinajstić information content (AvgIpc) is 2.87. The van der Waals surface area contributed by atoms with Gasteiger partial charge in [0, 0.05) is 43.0 Å². The number of halogens is 1. The molecule has 2 heterocycles. The zero-order valence-corrected chi connectivity index (χ0v) is 20.5. The zero-order valence-electron chi connectivity index (χ0n) is 19.8. The molecular weight excluding hydrogens is 456 g/mol. The molecule has 3 rings (SSSR count). The van der Waals surface area contributed by atoms with Gasteiger partial charge in [0.05, 0.1) is 12.2 Å². The van der Waals surface area contributed by atoms with Crippen molar-refractivity contribution in [3.63, 3.8) is 0 Å². The lowest BCUT2D eigenvalue weighted by atomic mass is 9.97. The maximum absolute atomic E-state index is 13.3. The van der Waals surface area contributed by atoms with E-state index in [0.29, 0.717) is 48.9 Å². The Bertz CT molecular complexity index is 989. The molecular formula is C25H31ClN4O4. The molecule has 0 saturated carbocycles. The van der Waals surface area contributed by atoms with Gasteiger partial charge in [0.25, 0.3) is 5.91 Å². The van der Waals surface area contributed by atoms with Crippen LogP contribution in [0.1, 0.15) is 47.9 Å². The molecule has 8 nitrogen and oxygen atoms in total. The molecule has 2 unspecified atom stereocenters. The number of pyridine rings is 1. The number of ether oxygens (including phenoxy) is 1. The number of anilines is 1. The average molecular weight is 487 g/mol. The summed E-state index contributed by atoms with van der Waals surface area (Å²) in [4.78, 5) is 46.2. The predicted octanol–water partition coefficient (Wildman–Crippen LogP) is 3.41. The second-order valence-corrected chi connectivity index (χ2v) is 8.72. The third-order valence-corrected chi connectivity index (χ3v) is 6.30. The number of hydrogen-bond acceptors (Lipinski definition) is 6. The van der Waals surface area contributed by atoms with E-state index in [0.717, 1.165) is 12.2 Å². The van der Waals surface area contributed by atoms with Crippen LogP contribution in [-0.2, 0) is 9.53 Å². The number of benzene rings is 1. The zero-order chi connectivity index (χ0) is 24.7. The first-order valence-electron chi connectivity index (χ1n) is 11.6. The van der Waals surface area contributed by atoms with E-state index in [4.69, 9.17) is 16.3 Å². The molecule has 2 aromatic rings. The minimum absolute atomic E-state index is 0.0149. The van der Waals surface area contributed by atoms with Crippen molar-refractivity contribution in [1.82, 2.24) is 15.2 Å². The summed E-state index contributed by atoms with van der Waals surface area (Å²) >= 11 is 5.92. The van der Waals surface area contributed by atoms with Crippen molar-refractivity contribution < 1.29 is 19.1 Å². The van der Waals surface area contributed by atoms with Crippen LogP contribution in [0.5, 0.6) is 0 Å². The number of nitrogens with zero attached hydrogens (tertiary/aromatic N) is 3. The monoisotopic (exact) mass is 486 g/mol. The smallest absolute Gasteiger partial charge is 0.339 e. The van der Waals surface area contributed by atoms with Gasteiger partial charge in [0.2, 0.25) is 5.91 Å². The fraction of sp³-hybridized carbons (Fsp3) is 0.440. The van der Waals surface area contributed by atoms with Crippen LogP contribution >= 0.6 is 11.6 Å². The van der Waals surface area contributed by atoms with Crippen LogP contribution in [0.15, 0.2) is 42.6 Å². The molecule has 1 aromatic carbocycles. The first-order valence-corrected chi connectivity index (χ1v) is 11.9. The van der Waals surface area contributed by atoms with Gasteiger partial charge in [-0.15, -0.1) is 0 Å². The lowest BCUT2D eigenvalue weighted by molar-refractivity contribution is -0.134. The van der Waals surface area contributed by atoms with Gasteiger partial charge in [-0.05, 0) is 49.2 Å². The molecule has 34 heavy (non-hydrogen) atoms. The van der Waals surface area contributed by atoms with Crippen LogP contribution in [0.3, 0.4) is 0 Å². The lowest BCUT2D eigenvalue weighted by Gasteiger charge is -2.38. The third-order valence-electron chi connectivity index (χ3n) is 6.05. The Morgan fingerprint density at radius 1 is 1.03 bits per heavy atom. The molecule has 182 valence electrons. The first-order chi connectivity index (χ1) is 16.3. The third kappa shape index (κ3) is 6.26. The number of hydrogen-bond donors (Lipinski definition) is 1. The minimum atomic E-state index is -0.610. The number of nitrogens with one attached hydrogen (secondary N) is 1. The topological polar surface area (TPSA) is 91.8 Å². The predicted molar refractivity (Wildman–Crippen MR) is 131 cm³/mol. The normalized spacial score (nSPS) is 15.4. The molecule has 1 aromatic heterocycles. The molecule has 2 atom stereocenters. The van der Waals surface area contributed by atoms with Gasteiger partial charge in [-0.3, -0.25) is 9.59 Å². The number of piperazine rings is 1. The minimum Gasteiger partial charge on any atom is -0.462 e. The van der Waals surface area contributed by atoms with Gasteiger partial charge in [0.1, 0.15) is 11.9 Å². The molecule has 1 saturated heterocycles. The highest BCUT2D eigenvalue weighted by Crippen LogP contribution is 2.18. The van der Waals surface area contributed by atoms with E-state index >= 15 is 0 Å². The van der Waals surface area contributed by atoms with E-state index in [1.807, 2.05) is 13.8 Å². The van der Waals surface area contributed by atoms with E-state index in [2.05, 4.69) is 15.2 Å². The van der Waals surface area contributed by atoms with Crippen molar-refractivity contribution in [2.75, 3.05) is 37.7 Å². The fourth-order valence-corrected chi connectivity index (χ4v) is 3.90. The second-order valence-electron chi connectivity index (χ2n) is 8.28. The Hall–Kier alpha value is -3.13. The standard InChI is InChI=1S/C25H31ClN4O4/c1-4-17(3)22(28-23(31)18-6-9-20(26)10-7-18)24(32)30-14-12-29(13-15-30)21-11-8-19(16-27-21)25(33)34-5-2/h6-11,16-17,22H,4-5,12-15H2,1-3H3,(H,28,31). The number of rotatable bonds is 8. The second kappa shape index (κ2) is 11.8. The summed E-state index contributed by atoms with van der Waals surface area (Å²) in [7, 11) is 0. The number of aromatic nitrogens is 1. The van der Waals surface area contributed by atoms with Crippen molar-refractivity contribution in [1.29, 1.82) is 0 Å². The van der Waals surface area contributed by atoms with E-state index in [9.17, 15) is 14.4 Å². The van der Waals surface area contributed by atoms with Crippen molar-refractivity contribution >= 4 is 35.2 Å². The van der Waals surface area contributed by atoms with Crippen LogP contribution < -0.4 is 10.2 Å². The van der Waals surface area contributed by atoms with Gasteiger partial charge in [0.15, 0.2) is 0 Å². The molecule has 1 aliphatic rings. The Morgan fingerprint density at radius 3 is 2.24 bits per heavy atom. The number of esters is 1. The van der Waals surface area contributed by atoms with E-state index in [1.165, 1.54) is 6.20 Å². The van der Waals surface area contributed by atoms with E-state index in [-0.39, 0.29) is 17.7 Å². The summed E-state index contributed by atoms with van der Waals surface area (Å²) in [6.07, 6.45) is 2.27. The van der Waals surface area contributed by atoms with E-state index in [1.54, 1.807) is 48.2 Å². The molecule has 0 bridgehead atoms. The van der Waals surface area contributed by atoms with Gasteiger partial charge >= 0.3 is 5.97 Å². The summed E-state index contributed by atoms with van der Waals surface area (Å²) in [6.45, 7) is 8.29. The molecule has 0 radical (unpaired) electrons. The van der Waals surface area contributed by atoms with Gasteiger partial charge < -0.3 is 19.9 Å². The molecule has 1 aliphatic heterocycles. The number of carbonyl (C=O) groups excluding carboxylic acids is 3. The largest absolute Gasteiger partial charge is 0.462 e. The van der Waals surface area contributed by atoms with Gasteiger partial charge in [-0.2, -0.15) is 0 Å². The molecule has 1 N–H and O–H groups in total. The summed E-state index contributed by atoms with van der Waals surface area (Å²) in [6, 6.07) is 9.48. The first kappa shape index (κ1) is 25.5. The lowest BCUT2D eigenvalue weighted by Crippen LogP contribution is -2.56. The van der Waals surface area contributed by atoms with Crippen LogP contribution in [0.2, 0.25) is 5.02 Å². The quantitative estimate of drug-likeness (QED) is 0.575. The summed E-state index contributed by atoms with van der Waals surface area (Å²) < 4.78 is 4.99. The maximum atomic E-state index is 13.3. The Morgan fingerprint density at radius 2 is 1.68 bits per heavy atom. The van der Waals surface area contributed by atoms with Crippen molar-refractivity contribution in [2.24, 2.45) is 5.92 Å². The van der Waals surface area contributed by atoms with E-state index < -0.39 is 12.0 Å². The Balaban J connectivity index is 1.61. The highest BCUT2D eigenvalue weighted by Gasteiger charge is 2.32. The van der Waals surface area contributed by atoms with Gasteiger partial charge in [-0.1, -0.05) is 31.9 Å². The van der Waals surface area contributed by atoms with Crippen LogP contribution in [0.25, 0.3) is 0 Å². The maximum Gasteiger partial charge on any atom is 0.339 e. The van der Waals surface area contributed by atoms with Crippen molar-refractivity contribution in [2.45, 2.75) is 33.2 Å². The SMILES string of the molecule is CCOC(=O)c1ccc(N2CCN(C(=O)C(NC(=O)c3ccc(Cl)cc3)C(C)CC)CC2)nc1. The Kier molecular flexibility index (Phi) is 8.87. The number of amides is 2. The highest BCUT2D eigenvalue weighted by molar-refractivity contribution is 6.30. The summed E-state index contributed by atoms with van der Waals surface area (Å²) in [5.74, 6) is -0.0380. The number of carbonyl (C=O) groups is 3. The molecule has 9 heteroatoms. The van der Waals surface area contributed by atoms with Gasteiger partial charge in [-0.25, -0.2) is 9.78 Å². The molecule has 0 aliphatic carbocycles. The fourth-order valence-electron chi connectivity index (χ4n) is 3.77. The molecule has 1 fully saturated rings. The van der Waals surface area contributed by atoms with Crippen LogP contribution in [0, 0.1) is 5.92 Å². The summed E-state index contributed by atoms with van der Waals surface area (Å²) in [5, 5.41) is 3.48. The van der Waals surface area contributed by atoms with Crippen LogP contribution in [-0.4, -0.2) is 66.5 Å². The summed E-state index contributed by atoms with van der Waals surface area (Å²) in [5.41, 5.74) is 0.875. The van der Waals surface area contributed by atoms with Crippen LogP contribution in [0.4, 0.5) is 5.82 Å². The highest BCUT2D eigenvalue weighted by atomic mass is 35.5. The van der Waals surface area contributed by atoms with Crippen molar-refractivity contribution in [3.8, 4) is 0 Å². The Labute approximate surface area is 205 Å². The molecule has 0 spiro atoms.